The van der Waals surface area contributed by atoms with Crippen LogP contribution in [0.1, 0.15) is 45.1 Å². The summed E-state index contributed by atoms with van der Waals surface area (Å²) in [5.74, 6) is 5.54. The van der Waals surface area contributed by atoms with Gasteiger partial charge in [0, 0.05) is 5.92 Å². The molecule has 3 nitrogen and oxygen atoms in total. The predicted octanol–water partition coefficient (Wildman–Crippen LogP) is 4.42. The fraction of sp³-hybridized carbons (Fsp3) is 0.526. The van der Waals surface area contributed by atoms with Gasteiger partial charge in [0.25, 0.3) is 0 Å². The number of amides is 1. The Balaban J connectivity index is 2.40. The lowest BCUT2D eigenvalue weighted by Crippen LogP contribution is -2.31. The van der Waals surface area contributed by atoms with Crippen LogP contribution in [-0.4, -0.2) is 19.1 Å². The van der Waals surface area contributed by atoms with E-state index in [2.05, 4.69) is 17.2 Å². The van der Waals surface area contributed by atoms with Gasteiger partial charge in [-0.3, -0.25) is 4.79 Å². The molecule has 1 N–H and O–H groups in total. The van der Waals surface area contributed by atoms with Crippen LogP contribution >= 0.6 is 0 Å². The third-order valence-electron chi connectivity index (χ3n) is 3.59. The van der Waals surface area contributed by atoms with Crippen molar-refractivity contribution in [1.29, 1.82) is 0 Å². The average Bonchev–Trinajstić information content (AvgIpc) is 2.57. The highest BCUT2D eigenvalue weighted by molar-refractivity contribution is 5.78. The molecule has 0 saturated carbocycles. The van der Waals surface area contributed by atoms with Crippen LogP contribution in [0.3, 0.4) is 0 Å². The molecule has 0 atom stereocenters. The quantitative estimate of drug-likeness (QED) is 0.701. The first kappa shape index (κ1) is 20.9. The number of ether oxygens (including phenoxy) is 1. The van der Waals surface area contributed by atoms with Crippen molar-refractivity contribution >= 4 is 5.91 Å². The number of hydrogen-bond donors (Lipinski definition) is 1. The first-order valence-electron chi connectivity index (χ1n) is 8.42. The largest absolute Gasteiger partial charge is 0.481 e. The Morgan fingerprint density at radius 2 is 1.88 bits per heavy atom. The molecule has 0 heterocycles. The second kappa shape index (κ2) is 10.7. The molecule has 1 aromatic carbocycles. The number of halogens is 3. The molecule has 0 unspecified atom stereocenters. The average molecular weight is 355 g/mol. The summed E-state index contributed by atoms with van der Waals surface area (Å²) in [6.07, 6.45) is -0.788. The van der Waals surface area contributed by atoms with Crippen LogP contribution in [0.2, 0.25) is 0 Å². The van der Waals surface area contributed by atoms with Crippen molar-refractivity contribution in [2.24, 2.45) is 5.92 Å². The summed E-state index contributed by atoms with van der Waals surface area (Å²) in [6, 6.07) is 4.65. The Morgan fingerprint density at radius 3 is 2.48 bits per heavy atom. The van der Waals surface area contributed by atoms with Crippen molar-refractivity contribution in [3.05, 3.63) is 29.8 Å². The van der Waals surface area contributed by atoms with E-state index in [4.69, 9.17) is 4.74 Å². The van der Waals surface area contributed by atoms with E-state index in [1.807, 2.05) is 13.8 Å². The molecule has 0 aliphatic carbocycles. The van der Waals surface area contributed by atoms with Gasteiger partial charge in [-0.1, -0.05) is 44.6 Å². The van der Waals surface area contributed by atoms with Gasteiger partial charge in [-0.05, 0) is 31.0 Å². The number of benzene rings is 1. The molecule has 138 valence electrons. The minimum atomic E-state index is -4.40. The van der Waals surface area contributed by atoms with Crippen LogP contribution in [0.5, 0.6) is 5.75 Å². The molecular formula is C19H24F3NO2. The molecule has 0 saturated heterocycles. The molecule has 25 heavy (non-hydrogen) atoms. The topological polar surface area (TPSA) is 38.3 Å². The van der Waals surface area contributed by atoms with Crippen LogP contribution in [0, 0.1) is 17.8 Å². The molecule has 0 aromatic heterocycles. The highest BCUT2D eigenvalue weighted by Crippen LogP contribution is 2.31. The molecule has 1 rings (SSSR count). The van der Waals surface area contributed by atoms with Crippen LogP contribution in [0.4, 0.5) is 13.2 Å². The summed E-state index contributed by atoms with van der Waals surface area (Å²) >= 11 is 0. The number of rotatable bonds is 8. The van der Waals surface area contributed by atoms with E-state index in [1.54, 1.807) is 0 Å². The molecule has 1 amide bonds. The third-order valence-corrected chi connectivity index (χ3v) is 3.59. The van der Waals surface area contributed by atoms with Crippen LogP contribution in [0.25, 0.3) is 0 Å². The highest BCUT2D eigenvalue weighted by atomic mass is 19.4. The fourth-order valence-electron chi connectivity index (χ4n) is 2.37. The smallest absolute Gasteiger partial charge is 0.416 e. The molecular weight excluding hydrogens is 331 g/mol. The third kappa shape index (κ3) is 7.97. The zero-order valence-corrected chi connectivity index (χ0v) is 14.6. The summed E-state index contributed by atoms with van der Waals surface area (Å²) in [6.45, 7) is 4.25. The van der Waals surface area contributed by atoms with Crippen molar-refractivity contribution in [1.82, 2.24) is 5.32 Å². The minimum absolute atomic E-state index is 0.00297. The van der Waals surface area contributed by atoms with Crippen molar-refractivity contribution in [2.75, 3.05) is 13.2 Å². The van der Waals surface area contributed by atoms with Crippen LogP contribution in [-0.2, 0) is 11.0 Å². The second-order valence-electron chi connectivity index (χ2n) is 5.66. The molecule has 6 heteroatoms. The summed E-state index contributed by atoms with van der Waals surface area (Å²) < 4.78 is 42.9. The summed E-state index contributed by atoms with van der Waals surface area (Å²) in [7, 11) is 0. The zero-order valence-electron chi connectivity index (χ0n) is 14.6. The number of nitrogens with one attached hydrogen (secondary N) is 1. The molecule has 0 bridgehead atoms. The normalized spacial score (nSPS) is 11.0. The van der Waals surface area contributed by atoms with E-state index < -0.39 is 11.7 Å². The van der Waals surface area contributed by atoms with E-state index in [1.165, 1.54) is 12.1 Å². The first-order chi connectivity index (χ1) is 11.9. The SMILES string of the molecule is CCCC(CCC)C(=O)NCC#CCOc1cccc(C(F)(F)F)c1. The van der Waals surface area contributed by atoms with E-state index in [-0.39, 0.29) is 30.7 Å². The van der Waals surface area contributed by atoms with E-state index in [9.17, 15) is 18.0 Å². The van der Waals surface area contributed by atoms with Crippen molar-refractivity contribution in [2.45, 2.75) is 45.7 Å². The number of carbonyl (C=O) groups is 1. The molecule has 0 radical (unpaired) electrons. The Labute approximate surface area is 146 Å². The summed E-state index contributed by atoms with van der Waals surface area (Å²) in [4.78, 5) is 12.0. The summed E-state index contributed by atoms with van der Waals surface area (Å²) in [5, 5.41) is 2.76. The molecule has 0 fully saturated rings. The lowest BCUT2D eigenvalue weighted by molar-refractivity contribution is -0.137. The molecule has 1 aromatic rings. The maximum absolute atomic E-state index is 12.6. The van der Waals surface area contributed by atoms with E-state index >= 15 is 0 Å². The van der Waals surface area contributed by atoms with Crippen LogP contribution < -0.4 is 10.1 Å². The number of alkyl halides is 3. The minimum Gasteiger partial charge on any atom is -0.481 e. The maximum atomic E-state index is 12.6. The highest BCUT2D eigenvalue weighted by Gasteiger charge is 2.30. The Hall–Kier alpha value is -2.16. The van der Waals surface area contributed by atoms with Crippen molar-refractivity contribution < 1.29 is 22.7 Å². The monoisotopic (exact) mass is 355 g/mol. The lowest BCUT2D eigenvalue weighted by Gasteiger charge is -2.13. The maximum Gasteiger partial charge on any atom is 0.416 e. The van der Waals surface area contributed by atoms with Gasteiger partial charge in [0.15, 0.2) is 0 Å². The number of hydrogen-bond acceptors (Lipinski definition) is 2. The molecule has 0 spiro atoms. The zero-order chi connectivity index (χ0) is 18.7. The van der Waals surface area contributed by atoms with Crippen molar-refractivity contribution in [3.8, 4) is 17.6 Å². The van der Waals surface area contributed by atoms with Gasteiger partial charge in [-0.2, -0.15) is 13.2 Å². The van der Waals surface area contributed by atoms with Gasteiger partial charge in [-0.25, -0.2) is 0 Å². The van der Waals surface area contributed by atoms with Gasteiger partial charge in [0.1, 0.15) is 12.4 Å². The van der Waals surface area contributed by atoms with Gasteiger partial charge in [0.05, 0.1) is 12.1 Å². The summed E-state index contributed by atoms with van der Waals surface area (Å²) in [5.41, 5.74) is -0.761. The van der Waals surface area contributed by atoms with E-state index in [0.29, 0.717) is 0 Å². The molecule has 0 aliphatic rings. The lowest BCUT2D eigenvalue weighted by atomic mass is 9.97. The fourth-order valence-corrected chi connectivity index (χ4v) is 2.37. The van der Waals surface area contributed by atoms with Gasteiger partial charge < -0.3 is 10.1 Å². The Morgan fingerprint density at radius 1 is 1.20 bits per heavy atom. The van der Waals surface area contributed by atoms with Crippen molar-refractivity contribution in [3.63, 3.8) is 0 Å². The predicted molar refractivity (Wildman–Crippen MR) is 91.0 cm³/mol. The Kier molecular flexibility index (Phi) is 8.90. The van der Waals surface area contributed by atoms with E-state index in [0.717, 1.165) is 37.8 Å². The van der Waals surface area contributed by atoms with Gasteiger partial charge in [-0.15, -0.1) is 0 Å². The van der Waals surface area contributed by atoms with Gasteiger partial charge in [0.2, 0.25) is 5.91 Å². The van der Waals surface area contributed by atoms with Crippen LogP contribution in [0.15, 0.2) is 24.3 Å². The second-order valence-corrected chi connectivity index (χ2v) is 5.66. The first-order valence-corrected chi connectivity index (χ1v) is 8.42. The standard InChI is InChI=1S/C19H24F3NO2/c1-3-8-15(9-4-2)18(24)23-12-5-6-13-25-17-11-7-10-16(14-17)19(20,21)22/h7,10-11,14-15H,3-4,8-9,12-13H2,1-2H3,(H,23,24). The number of carbonyl (C=O) groups excluding carboxylic acids is 1. The Bertz CT molecular complexity index is 597. The van der Waals surface area contributed by atoms with Gasteiger partial charge >= 0.3 is 6.18 Å². The molecule has 0 aliphatic heterocycles.